The molecule has 0 fully saturated rings. The van der Waals surface area contributed by atoms with Crippen LogP contribution < -0.4 is 21.1 Å². The van der Waals surface area contributed by atoms with Crippen LogP contribution in [-0.4, -0.2) is 28.4 Å². The fourth-order valence-corrected chi connectivity index (χ4v) is 2.97. The summed E-state index contributed by atoms with van der Waals surface area (Å²) in [4.78, 5) is 19.7. The smallest absolute Gasteiger partial charge is 0.248 e. The number of amides is 1. The summed E-state index contributed by atoms with van der Waals surface area (Å²) in [5.41, 5.74) is 7.03. The van der Waals surface area contributed by atoms with Gasteiger partial charge in [0.25, 0.3) is 0 Å². The molecular formula is C23H23ClFN5O2. The number of carbonyl (C=O) groups excluding carboxylic acids is 1. The van der Waals surface area contributed by atoms with Gasteiger partial charge in [-0.15, -0.1) is 11.6 Å². The maximum atomic E-state index is 14.4. The van der Waals surface area contributed by atoms with Crippen LogP contribution in [-0.2, 0) is 4.79 Å². The number of anilines is 4. The number of benzene rings is 2. The lowest BCUT2D eigenvalue weighted by Gasteiger charge is -2.13. The van der Waals surface area contributed by atoms with Crippen molar-refractivity contribution in [2.24, 2.45) is 5.73 Å². The number of nitrogens with one attached hydrogen (secondary N) is 2. The van der Waals surface area contributed by atoms with E-state index in [0.29, 0.717) is 29.4 Å². The Bertz CT molecular complexity index is 1090. The van der Waals surface area contributed by atoms with Crippen LogP contribution in [0.3, 0.4) is 0 Å². The molecule has 0 atom stereocenters. The van der Waals surface area contributed by atoms with Crippen molar-refractivity contribution >= 4 is 46.2 Å². The van der Waals surface area contributed by atoms with E-state index in [4.69, 9.17) is 22.1 Å². The Morgan fingerprint density at radius 3 is 2.59 bits per heavy atom. The molecule has 3 aromatic rings. The second-order valence-corrected chi connectivity index (χ2v) is 7.18. The highest BCUT2D eigenvalue weighted by atomic mass is 35.5. The molecule has 0 unspecified atom stereocenters. The number of carbonyl (C=O) groups is 1. The van der Waals surface area contributed by atoms with Crippen LogP contribution in [0, 0.1) is 5.82 Å². The summed E-state index contributed by atoms with van der Waals surface area (Å²) in [6, 6.07) is 14.0. The molecule has 9 heteroatoms. The van der Waals surface area contributed by atoms with Crippen molar-refractivity contribution in [1.29, 1.82) is 0 Å². The SMILES string of the molecule is C=C(C(N)=O)c1ccccc1Nc1nc(Nc2ccc(OCCCCCl)cc2)ncc1F. The molecule has 166 valence electrons. The van der Waals surface area contributed by atoms with E-state index in [-0.39, 0.29) is 17.3 Å². The Kier molecular flexibility index (Phi) is 7.99. The maximum absolute atomic E-state index is 14.4. The number of hydrogen-bond donors (Lipinski definition) is 3. The highest BCUT2D eigenvalue weighted by Gasteiger charge is 2.13. The van der Waals surface area contributed by atoms with E-state index in [0.717, 1.165) is 24.8 Å². The summed E-state index contributed by atoms with van der Waals surface area (Å²) < 4.78 is 20.0. The van der Waals surface area contributed by atoms with E-state index < -0.39 is 11.7 Å². The van der Waals surface area contributed by atoms with Gasteiger partial charge in [0.1, 0.15) is 5.75 Å². The average molecular weight is 456 g/mol. The topological polar surface area (TPSA) is 102 Å². The van der Waals surface area contributed by atoms with Crippen molar-refractivity contribution < 1.29 is 13.9 Å². The predicted octanol–water partition coefficient (Wildman–Crippen LogP) is 5.00. The van der Waals surface area contributed by atoms with Gasteiger partial charge in [-0.05, 0) is 43.2 Å². The van der Waals surface area contributed by atoms with Crippen molar-refractivity contribution in [1.82, 2.24) is 9.97 Å². The number of primary amides is 1. The van der Waals surface area contributed by atoms with Gasteiger partial charge in [-0.25, -0.2) is 9.37 Å². The van der Waals surface area contributed by atoms with Gasteiger partial charge < -0.3 is 21.1 Å². The van der Waals surface area contributed by atoms with Crippen LogP contribution in [0.4, 0.5) is 27.5 Å². The summed E-state index contributed by atoms with van der Waals surface area (Å²) in [6.45, 7) is 4.28. The fourth-order valence-electron chi connectivity index (χ4n) is 2.78. The monoisotopic (exact) mass is 455 g/mol. The Balaban J connectivity index is 1.72. The van der Waals surface area contributed by atoms with Crippen LogP contribution in [0.15, 0.2) is 61.3 Å². The minimum Gasteiger partial charge on any atom is -0.494 e. The van der Waals surface area contributed by atoms with Gasteiger partial charge >= 0.3 is 0 Å². The first-order chi connectivity index (χ1) is 15.5. The van der Waals surface area contributed by atoms with Crippen molar-refractivity contribution in [2.75, 3.05) is 23.1 Å². The Morgan fingerprint density at radius 2 is 1.88 bits per heavy atom. The summed E-state index contributed by atoms with van der Waals surface area (Å²) >= 11 is 5.66. The Labute approximate surface area is 190 Å². The third-order valence-electron chi connectivity index (χ3n) is 4.45. The van der Waals surface area contributed by atoms with Gasteiger partial charge in [0.2, 0.25) is 11.9 Å². The zero-order chi connectivity index (χ0) is 22.9. The molecule has 1 aromatic heterocycles. The zero-order valence-electron chi connectivity index (χ0n) is 17.3. The highest BCUT2D eigenvalue weighted by Crippen LogP contribution is 2.27. The molecule has 7 nitrogen and oxygen atoms in total. The van der Waals surface area contributed by atoms with Crippen LogP contribution in [0.5, 0.6) is 5.75 Å². The molecule has 1 heterocycles. The second-order valence-electron chi connectivity index (χ2n) is 6.80. The number of nitrogens with two attached hydrogens (primary N) is 1. The molecule has 0 aliphatic heterocycles. The standard InChI is InChI=1S/C23H23ClFN5O2/c1-15(21(26)31)18-6-2-3-7-20(18)29-22-19(25)14-27-23(30-22)28-16-8-10-17(11-9-16)32-13-5-4-12-24/h2-3,6-11,14H,1,4-5,12-13H2,(H2,26,31)(H2,27,28,29,30). The van der Waals surface area contributed by atoms with E-state index in [9.17, 15) is 9.18 Å². The first-order valence-electron chi connectivity index (χ1n) is 9.91. The molecule has 32 heavy (non-hydrogen) atoms. The number of rotatable bonds is 11. The van der Waals surface area contributed by atoms with Crippen LogP contribution in [0.2, 0.25) is 0 Å². The minimum atomic E-state index is -0.670. The summed E-state index contributed by atoms with van der Waals surface area (Å²) in [6.07, 6.45) is 2.84. The molecule has 1 amide bonds. The van der Waals surface area contributed by atoms with Gasteiger partial charge in [-0.1, -0.05) is 24.8 Å². The molecular weight excluding hydrogens is 433 g/mol. The highest BCUT2D eigenvalue weighted by molar-refractivity contribution is 6.19. The first-order valence-corrected chi connectivity index (χ1v) is 10.4. The van der Waals surface area contributed by atoms with Crippen LogP contribution in [0.1, 0.15) is 18.4 Å². The van der Waals surface area contributed by atoms with Gasteiger partial charge in [-0.2, -0.15) is 4.98 Å². The number of alkyl halides is 1. The Hall–Kier alpha value is -3.65. The number of nitrogens with zero attached hydrogens (tertiary/aromatic N) is 2. The van der Waals surface area contributed by atoms with E-state index >= 15 is 0 Å². The van der Waals surface area contributed by atoms with Gasteiger partial charge in [-0.3, -0.25) is 4.79 Å². The Morgan fingerprint density at radius 1 is 1.12 bits per heavy atom. The molecule has 0 spiro atoms. The molecule has 0 radical (unpaired) electrons. The van der Waals surface area contributed by atoms with Gasteiger partial charge in [0.05, 0.1) is 12.8 Å². The number of para-hydroxylation sites is 1. The zero-order valence-corrected chi connectivity index (χ0v) is 18.0. The van der Waals surface area contributed by atoms with E-state index in [1.165, 1.54) is 0 Å². The molecule has 0 aliphatic rings. The van der Waals surface area contributed by atoms with Gasteiger partial charge in [0, 0.05) is 28.4 Å². The molecule has 4 N–H and O–H groups in total. The summed E-state index contributed by atoms with van der Waals surface area (Å²) in [5.74, 6) is 0.153. The van der Waals surface area contributed by atoms with Crippen LogP contribution in [0.25, 0.3) is 5.57 Å². The van der Waals surface area contributed by atoms with Crippen LogP contribution >= 0.6 is 11.6 Å². The first kappa shape index (κ1) is 23.0. The quantitative estimate of drug-likeness (QED) is 0.213. The van der Waals surface area contributed by atoms with Crippen molar-refractivity contribution in [3.8, 4) is 5.75 Å². The third-order valence-corrected chi connectivity index (χ3v) is 4.72. The normalized spacial score (nSPS) is 10.4. The molecule has 2 aromatic carbocycles. The number of ether oxygens (including phenoxy) is 1. The maximum Gasteiger partial charge on any atom is 0.248 e. The van der Waals surface area contributed by atoms with E-state index in [2.05, 4.69) is 27.2 Å². The van der Waals surface area contributed by atoms with E-state index in [1.807, 2.05) is 24.3 Å². The summed E-state index contributed by atoms with van der Waals surface area (Å²) in [7, 11) is 0. The van der Waals surface area contributed by atoms with Crippen molar-refractivity contribution in [2.45, 2.75) is 12.8 Å². The number of unbranched alkanes of at least 4 members (excludes halogenated alkanes) is 1. The predicted molar refractivity (Wildman–Crippen MR) is 125 cm³/mol. The number of aromatic nitrogens is 2. The van der Waals surface area contributed by atoms with E-state index in [1.54, 1.807) is 24.3 Å². The lowest BCUT2D eigenvalue weighted by molar-refractivity contribution is -0.112. The average Bonchev–Trinajstić information content (AvgIpc) is 2.80. The lowest BCUT2D eigenvalue weighted by Crippen LogP contribution is -2.13. The number of halogens is 2. The van der Waals surface area contributed by atoms with Crippen molar-refractivity contribution in [3.05, 3.63) is 72.7 Å². The number of hydrogen-bond acceptors (Lipinski definition) is 6. The second kappa shape index (κ2) is 11.1. The minimum absolute atomic E-state index is 0.0635. The summed E-state index contributed by atoms with van der Waals surface area (Å²) in [5, 5.41) is 5.90. The molecule has 0 saturated heterocycles. The molecule has 0 saturated carbocycles. The van der Waals surface area contributed by atoms with Crippen molar-refractivity contribution in [3.63, 3.8) is 0 Å². The molecule has 3 rings (SSSR count). The lowest BCUT2D eigenvalue weighted by atomic mass is 10.0. The molecule has 0 bridgehead atoms. The fraction of sp³-hybridized carbons (Fsp3) is 0.174. The molecule has 0 aliphatic carbocycles. The third kappa shape index (κ3) is 6.18. The largest absolute Gasteiger partial charge is 0.494 e. The van der Waals surface area contributed by atoms with Gasteiger partial charge in [0.15, 0.2) is 11.6 Å².